The number of hydrogen-bond donors (Lipinski definition) is 2. The molecule has 0 aliphatic heterocycles. The molecule has 1 fully saturated rings. The van der Waals surface area contributed by atoms with Gasteiger partial charge in [0, 0.05) is 31.5 Å². The highest BCUT2D eigenvalue weighted by Crippen LogP contribution is 2.50. The third kappa shape index (κ3) is 3.91. The van der Waals surface area contributed by atoms with Crippen LogP contribution < -0.4 is 11.1 Å². The Kier molecular flexibility index (Phi) is 7.32. The van der Waals surface area contributed by atoms with Gasteiger partial charge in [0.1, 0.15) is 5.54 Å². The standard InChI is InChI=1S/C15H29N3O3.ClH/c1-7-21-11-8-15(16,14(11,4)5)13(20)18(6)9-12(19)17-10(2)3;/h10-11H,7-9,16H2,1-6H3,(H,17,19);1H. The van der Waals surface area contributed by atoms with E-state index in [1.807, 2.05) is 34.6 Å². The summed E-state index contributed by atoms with van der Waals surface area (Å²) in [5.74, 6) is -0.384. The van der Waals surface area contributed by atoms with Crippen molar-refractivity contribution in [2.45, 2.75) is 58.7 Å². The SMILES string of the molecule is CCOC1CC(N)(C(=O)N(C)CC(=O)NC(C)C)C1(C)C.Cl. The lowest BCUT2D eigenvalue weighted by Gasteiger charge is -2.58. The minimum absolute atomic E-state index is 0. The quantitative estimate of drug-likeness (QED) is 0.756. The van der Waals surface area contributed by atoms with Crippen molar-refractivity contribution in [2.75, 3.05) is 20.2 Å². The summed E-state index contributed by atoms with van der Waals surface area (Å²) in [5.41, 5.74) is 4.91. The van der Waals surface area contributed by atoms with Crippen LogP contribution in [0.25, 0.3) is 0 Å². The topological polar surface area (TPSA) is 84.7 Å². The van der Waals surface area contributed by atoms with E-state index < -0.39 is 11.0 Å². The first-order valence-corrected chi connectivity index (χ1v) is 7.51. The molecule has 0 bridgehead atoms. The van der Waals surface area contributed by atoms with E-state index >= 15 is 0 Å². The van der Waals surface area contributed by atoms with E-state index in [1.54, 1.807) is 7.05 Å². The van der Waals surface area contributed by atoms with E-state index in [2.05, 4.69) is 5.32 Å². The number of halogens is 1. The van der Waals surface area contributed by atoms with Crippen molar-refractivity contribution >= 4 is 24.2 Å². The molecule has 0 aromatic heterocycles. The van der Waals surface area contributed by atoms with E-state index in [0.717, 1.165) is 0 Å². The van der Waals surface area contributed by atoms with Gasteiger partial charge in [0.2, 0.25) is 11.8 Å². The fraction of sp³-hybridized carbons (Fsp3) is 0.867. The maximum Gasteiger partial charge on any atom is 0.243 e. The van der Waals surface area contributed by atoms with Crippen molar-refractivity contribution in [3.63, 3.8) is 0 Å². The second kappa shape index (κ2) is 7.62. The summed E-state index contributed by atoms with van der Waals surface area (Å²) in [4.78, 5) is 25.8. The number of hydrogen-bond acceptors (Lipinski definition) is 4. The second-order valence-electron chi connectivity index (χ2n) is 6.72. The lowest BCUT2D eigenvalue weighted by molar-refractivity contribution is -0.178. The Morgan fingerprint density at radius 1 is 1.41 bits per heavy atom. The molecular weight excluding hydrogens is 306 g/mol. The van der Waals surface area contributed by atoms with Crippen LogP contribution in [0.5, 0.6) is 0 Å². The molecule has 3 N–H and O–H groups in total. The number of ether oxygens (including phenoxy) is 1. The molecule has 0 aromatic rings. The number of carbonyl (C=O) groups is 2. The van der Waals surface area contributed by atoms with Crippen LogP contribution >= 0.6 is 12.4 Å². The van der Waals surface area contributed by atoms with E-state index in [0.29, 0.717) is 13.0 Å². The first-order chi connectivity index (χ1) is 9.56. The molecule has 22 heavy (non-hydrogen) atoms. The summed E-state index contributed by atoms with van der Waals surface area (Å²) >= 11 is 0. The Morgan fingerprint density at radius 3 is 2.36 bits per heavy atom. The molecule has 0 saturated heterocycles. The first kappa shape index (κ1) is 21.1. The monoisotopic (exact) mass is 335 g/mol. The second-order valence-corrected chi connectivity index (χ2v) is 6.72. The Labute approximate surface area is 139 Å². The van der Waals surface area contributed by atoms with Crippen molar-refractivity contribution in [3.8, 4) is 0 Å². The third-order valence-corrected chi connectivity index (χ3v) is 4.39. The van der Waals surface area contributed by atoms with Crippen LogP contribution in [0, 0.1) is 5.41 Å². The highest BCUT2D eigenvalue weighted by molar-refractivity contribution is 5.92. The largest absolute Gasteiger partial charge is 0.378 e. The summed E-state index contributed by atoms with van der Waals surface area (Å²) in [6.07, 6.45) is 0.470. The van der Waals surface area contributed by atoms with Gasteiger partial charge in [-0.2, -0.15) is 0 Å². The van der Waals surface area contributed by atoms with Gasteiger partial charge in [0.25, 0.3) is 0 Å². The van der Waals surface area contributed by atoms with Gasteiger partial charge in [-0.1, -0.05) is 13.8 Å². The van der Waals surface area contributed by atoms with Gasteiger partial charge in [-0.15, -0.1) is 12.4 Å². The lowest BCUT2D eigenvalue weighted by Crippen LogP contribution is -2.76. The summed E-state index contributed by atoms with van der Waals surface area (Å²) in [6.45, 7) is 10.2. The molecule has 1 aliphatic rings. The molecule has 2 atom stereocenters. The van der Waals surface area contributed by atoms with Crippen LogP contribution in [0.2, 0.25) is 0 Å². The first-order valence-electron chi connectivity index (χ1n) is 7.51. The fourth-order valence-electron chi connectivity index (χ4n) is 2.79. The molecule has 0 spiro atoms. The molecule has 0 radical (unpaired) electrons. The van der Waals surface area contributed by atoms with Crippen molar-refractivity contribution in [2.24, 2.45) is 11.1 Å². The Bertz CT molecular complexity index is 415. The Morgan fingerprint density at radius 2 is 1.95 bits per heavy atom. The number of amides is 2. The summed E-state index contributed by atoms with van der Waals surface area (Å²) in [7, 11) is 1.61. The summed E-state index contributed by atoms with van der Waals surface area (Å²) in [5, 5.41) is 2.77. The molecule has 2 unspecified atom stereocenters. The van der Waals surface area contributed by atoms with Gasteiger partial charge >= 0.3 is 0 Å². The maximum atomic E-state index is 12.6. The number of nitrogens with zero attached hydrogens (tertiary/aromatic N) is 1. The minimum Gasteiger partial charge on any atom is -0.378 e. The van der Waals surface area contributed by atoms with Gasteiger partial charge in [-0.05, 0) is 20.8 Å². The number of nitrogens with two attached hydrogens (primary N) is 1. The van der Waals surface area contributed by atoms with E-state index in [4.69, 9.17) is 10.5 Å². The molecule has 2 amide bonds. The highest BCUT2D eigenvalue weighted by Gasteiger charge is 2.63. The Hall–Kier alpha value is -0.850. The summed E-state index contributed by atoms with van der Waals surface area (Å²) in [6, 6.07) is 0.0512. The molecule has 1 saturated carbocycles. The molecule has 0 aromatic carbocycles. The number of rotatable bonds is 6. The predicted molar refractivity (Wildman–Crippen MR) is 88.9 cm³/mol. The van der Waals surface area contributed by atoms with Crippen molar-refractivity contribution < 1.29 is 14.3 Å². The van der Waals surface area contributed by atoms with Gasteiger partial charge in [-0.25, -0.2) is 0 Å². The van der Waals surface area contributed by atoms with E-state index in [1.165, 1.54) is 4.90 Å². The smallest absolute Gasteiger partial charge is 0.243 e. The van der Waals surface area contributed by atoms with Crippen LogP contribution in [-0.2, 0) is 14.3 Å². The van der Waals surface area contributed by atoms with Crippen molar-refractivity contribution in [1.82, 2.24) is 10.2 Å². The van der Waals surface area contributed by atoms with Gasteiger partial charge in [0.15, 0.2) is 0 Å². The number of nitrogens with one attached hydrogen (secondary N) is 1. The van der Waals surface area contributed by atoms with Crippen LogP contribution in [0.15, 0.2) is 0 Å². The predicted octanol–water partition coefficient (Wildman–Crippen LogP) is 0.924. The van der Waals surface area contributed by atoms with Crippen LogP contribution in [-0.4, -0.2) is 54.6 Å². The van der Waals surface area contributed by atoms with Gasteiger partial charge < -0.3 is 20.7 Å². The number of carbonyl (C=O) groups excluding carboxylic acids is 2. The average Bonchev–Trinajstić information content (AvgIpc) is 2.36. The minimum atomic E-state index is -0.973. The van der Waals surface area contributed by atoms with Gasteiger partial charge in [-0.3, -0.25) is 9.59 Å². The number of likely N-dealkylation sites (N-methyl/N-ethyl adjacent to an activating group) is 1. The summed E-state index contributed by atoms with van der Waals surface area (Å²) < 4.78 is 5.62. The fourth-order valence-corrected chi connectivity index (χ4v) is 2.79. The molecule has 1 aliphatic carbocycles. The highest BCUT2D eigenvalue weighted by atomic mass is 35.5. The molecular formula is C15H30ClN3O3. The molecule has 0 heterocycles. The molecule has 7 heteroatoms. The van der Waals surface area contributed by atoms with E-state index in [-0.39, 0.29) is 42.9 Å². The normalized spacial score (nSPS) is 25.9. The van der Waals surface area contributed by atoms with Crippen molar-refractivity contribution in [3.05, 3.63) is 0 Å². The van der Waals surface area contributed by atoms with Gasteiger partial charge in [0.05, 0.1) is 12.6 Å². The maximum absolute atomic E-state index is 12.6. The Balaban J connectivity index is 0.00000441. The van der Waals surface area contributed by atoms with Crippen molar-refractivity contribution in [1.29, 1.82) is 0 Å². The zero-order valence-electron chi connectivity index (χ0n) is 14.4. The zero-order valence-corrected chi connectivity index (χ0v) is 15.3. The third-order valence-electron chi connectivity index (χ3n) is 4.39. The van der Waals surface area contributed by atoms with Crippen LogP contribution in [0.4, 0.5) is 0 Å². The molecule has 130 valence electrons. The molecule has 6 nitrogen and oxygen atoms in total. The average molecular weight is 336 g/mol. The molecule has 1 rings (SSSR count). The van der Waals surface area contributed by atoms with Crippen LogP contribution in [0.1, 0.15) is 41.0 Å². The zero-order chi connectivity index (χ0) is 16.4. The lowest BCUT2D eigenvalue weighted by atomic mass is 9.54. The van der Waals surface area contributed by atoms with Crippen LogP contribution in [0.3, 0.4) is 0 Å². The van der Waals surface area contributed by atoms with E-state index in [9.17, 15) is 9.59 Å².